The number of unbranched alkanes of at least 4 members (excludes halogenated alkanes) is 2. The molecule has 37 heavy (non-hydrogen) atoms. The van der Waals surface area contributed by atoms with Gasteiger partial charge in [0.1, 0.15) is 11.4 Å². The number of rotatable bonds is 10. The van der Waals surface area contributed by atoms with Crippen molar-refractivity contribution in [3.05, 3.63) is 41.3 Å². The SMILES string of the molecule is CCC1(CCCCC[C@H](NC(=O)OC(C)(C)C)c2ncc(-c3ccc4c(c3)[C@H]3CC[C@@H]4C3)[nH]2)OCCO1. The van der Waals surface area contributed by atoms with Gasteiger partial charge in [0, 0.05) is 6.42 Å². The highest BCUT2D eigenvalue weighted by Crippen LogP contribution is 2.53. The molecule has 1 amide bonds. The van der Waals surface area contributed by atoms with Crippen LogP contribution in [0.25, 0.3) is 11.3 Å². The number of benzene rings is 1. The van der Waals surface area contributed by atoms with Crippen LogP contribution >= 0.6 is 0 Å². The van der Waals surface area contributed by atoms with Gasteiger partial charge in [-0.3, -0.25) is 0 Å². The smallest absolute Gasteiger partial charge is 0.408 e. The highest BCUT2D eigenvalue weighted by Gasteiger charge is 2.37. The quantitative estimate of drug-likeness (QED) is 0.333. The van der Waals surface area contributed by atoms with E-state index in [-0.39, 0.29) is 6.04 Å². The Bertz CT molecular complexity index is 1080. The zero-order valence-electron chi connectivity index (χ0n) is 22.9. The topological polar surface area (TPSA) is 85.5 Å². The molecule has 2 bridgehead atoms. The van der Waals surface area contributed by atoms with Crippen LogP contribution in [0.4, 0.5) is 4.79 Å². The summed E-state index contributed by atoms with van der Waals surface area (Å²) >= 11 is 0. The summed E-state index contributed by atoms with van der Waals surface area (Å²) in [6.07, 6.45) is 11.0. The number of hydrogen-bond acceptors (Lipinski definition) is 5. The van der Waals surface area contributed by atoms with E-state index >= 15 is 0 Å². The van der Waals surface area contributed by atoms with E-state index in [1.807, 2.05) is 27.0 Å². The zero-order valence-corrected chi connectivity index (χ0v) is 22.9. The number of ether oxygens (including phenoxy) is 3. The van der Waals surface area contributed by atoms with Crippen molar-refractivity contribution in [1.82, 2.24) is 15.3 Å². The summed E-state index contributed by atoms with van der Waals surface area (Å²) in [5.41, 5.74) is 4.68. The van der Waals surface area contributed by atoms with E-state index in [1.165, 1.54) is 30.4 Å². The van der Waals surface area contributed by atoms with Crippen molar-refractivity contribution >= 4 is 6.09 Å². The van der Waals surface area contributed by atoms with Crippen LogP contribution in [-0.4, -0.2) is 40.7 Å². The van der Waals surface area contributed by atoms with Crippen LogP contribution < -0.4 is 5.32 Å². The van der Waals surface area contributed by atoms with Crippen molar-refractivity contribution in [3.8, 4) is 11.3 Å². The number of carbonyl (C=O) groups excluding carboxylic acids is 1. The van der Waals surface area contributed by atoms with Gasteiger partial charge in [0.05, 0.1) is 31.1 Å². The van der Waals surface area contributed by atoms with Crippen molar-refractivity contribution in [2.45, 2.75) is 115 Å². The van der Waals surface area contributed by atoms with E-state index < -0.39 is 17.5 Å². The lowest BCUT2D eigenvalue weighted by molar-refractivity contribution is -0.164. The summed E-state index contributed by atoms with van der Waals surface area (Å²) in [5.74, 6) is 1.85. The number of H-pyrrole nitrogens is 1. The predicted molar refractivity (Wildman–Crippen MR) is 143 cm³/mol. The molecular weight excluding hydrogens is 466 g/mol. The predicted octanol–water partition coefficient (Wildman–Crippen LogP) is 7.11. The molecular formula is C30H43N3O4. The number of amides is 1. The van der Waals surface area contributed by atoms with Gasteiger partial charge < -0.3 is 24.5 Å². The molecule has 0 radical (unpaired) electrons. The van der Waals surface area contributed by atoms with Crippen molar-refractivity contribution < 1.29 is 19.0 Å². The monoisotopic (exact) mass is 509 g/mol. The molecule has 0 unspecified atom stereocenters. The van der Waals surface area contributed by atoms with Crippen LogP contribution in [0.1, 0.15) is 120 Å². The minimum atomic E-state index is -0.553. The molecule has 2 aromatic rings. The van der Waals surface area contributed by atoms with Crippen molar-refractivity contribution in [2.75, 3.05) is 13.2 Å². The van der Waals surface area contributed by atoms with Gasteiger partial charge in [-0.15, -0.1) is 0 Å². The van der Waals surface area contributed by atoms with Gasteiger partial charge in [-0.05, 0) is 93.9 Å². The van der Waals surface area contributed by atoms with E-state index in [2.05, 4.69) is 35.4 Å². The standard InChI is InChI=1S/C30H43N3O4/c1-5-30(35-15-16-36-30)14-8-6-7-9-25(33-28(34)37-29(2,3)4)27-31-19-26(32-27)22-12-13-23-20-10-11-21(17-20)24(23)18-22/h12-13,18-21,25H,5-11,14-17H2,1-4H3,(H,31,32)(H,33,34)/t20-,21+,25+/m1/s1. The molecule has 3 atom stereocenters. The summed E-state index contributed by atoms with van der Waals surface area (Å²) in [4.78, 5) is 20.9. The number of aromatic amines is 1. The van der Waals surface area contributed by atoms with Gasteiger partial charge in [-0.2, -0.15) is 0 Å². The first-order chi connectivity index (χ1) is 17.8. The highest BCUT2D eigenvalue weighted by atomic mass is 16.7. The van der Waals surface area contributed by atoms with Crippen molar-refractivity contribution in [3.63, 3.8) is 0 Å². The van der Waals surface area contributed by atoms with Crippen LogP contribution in [0.15, 0.2) is 24.4 Å². The second-order valence-corrected chi connectivity index (χ2v) is 12.0. The first kappa shape index (κ1) is 26.2. The first-order valence-corrected chi connectivity index (χ1v) is 14.2. The largest absolute Gasteiger partial charge is 0.444 e. The third-order valence-corrected chi connectivity index (χ3v) is 8.23. The van der Waals surface area contributed by atoms with E-state index in [0.717, 1.165) is 61.9 Å². The molecule has 2 heterocycles. The van der Waals surface area contributed by atoms with E-state index in [9.17, 15) is 4.79 Å². The number of nitrogens with zero attached hydrogens (tertiary/aromatic N) is 1. The number of nitrogens with one attached hydrogen (secondary N) is 2. The van der Waals surface area contributed by atoms with Crippen LogP contribution in [0.3, 0.4) is 0 Å². The van der Waals surface area contributed by atoms with Gasteiger partial charge in [0.15, 0.2) is 5.79 Å². The summed E-state index contributed by atoms with van der Waals surface area (Å²) in [5, 5.41) is 3.06. The van der Waals surface area contributed by atoms with Gasteiger partial charge in [-0.1, -0.05) is 31.9 Å². The molecule has 2 N–H and O–H groups in total. The molecule has 1 aromatic carbocycles. The number of alkyl carbamates (subject to hydrolysis) is 1. The minimum absolute atomic E-state index is 0.242. The second kappa shape index (κ2) is 10.8. The van der Waals surface area contributed by atoms with E-state index in [0.29, 0.717) is 13.2 Å². The molecule has 202 valence electrons. The third-order valence-electron chi connectivity index (χ3n) is 8.23. The number of hydrogen-bond donors (Lipinski definition) is 2. The number of imidazole rings is 1. The summed E-state index contributed by atoms with van der Waals surface area (Å²) in [6.45, 7) is 9.12. The fourth-order valence-corrected chi connectivity index (χ4v) is 6.34. The van der Waals surface area contributed by atoms with Crippen LogP contribution in [0.5, 0.6) is 0 Å². The summed E-state index contributed by atoms with van der Waals surface area (Å²) < 4.78 is 17.3. The molecule has 2 aliphatic carbocycles. The van der Waals surface area contributed by atoms with Crippen LogP contribution in [0.2, 0.25) is 0 Å². The van der Waals surface area contributed by atoms with Gasteiger partial charge in [0.2, 0.25) is 0 Å². The Morgan fingerprint density at radius 3 is 2.65 bits per heavy atom. The Balaban J connectivity index is 1.24. The van der Waals surface area contributed by atoms with Gasteiger partial charge in [0.25, 0.3) is 0 Å². The fraction of sp³-hybridized carbons (Fsp3) is 0.667. The number of fused-ring (bicyclic) bond motifs is 5. The molecule has 1 saturated carbocycles. The molecule has 1 aliphatic heterocycles. The second-order valence-electron chi connectivity index (χ2n) is 12.0. The summed E-state index contributed by atoms with van der Waals surface area (Å²) in [7, 11) is 0. The molecule has 1 aromatic heterocycles. The lowest BCUT2D eigenvalue weighted by Crippen LogP contribution is -2.35. The lowest BCUT2D eigenvalue weighted by atomic mass is 9.90. The lowest BCUT2D eigenvalue weighted by Gasteiger charge is -2.26. The zero-order chi connectivity index (χ0) is 26.0. The van der Waals surface area contributed by atoms with E-state index in [1.54, 1.807) is 5.56 Å². The summed E-state index contributed by atoms with van der Waals surface area (Å²) in [6, 6.07) is 6.63. The Morgan fingerprint density at radius 1 is 1.16 bits per heavy atom. The average Bonchev–Trinajstić information content (AvgIpc) is 3.66. The van der Waals surface area contributed by atoms with Gasteiger partial charge >= 0.3 is 6.09 Å². The minimum Gasteiger partial charge on any atom is -0.444 e. The first-order valence-electron chi connectivity index (χ1n) is 14.2. The Kier molecular flexibility index (Phi) is 7.64. The fourth-order valence-electron chi connectivity index (χ4n) is 6.34. The maximum Gasteiger partial charge on any atom is 0.408 e. The third kappa shape index (κ3) is 6.04. The van der Waals surface area contributed by atoms with Gasteiger partial charge in [-0.25, -0.2) is 9.78 Å². The molecule has 1 saturated heterocycles. The Hall–Kier alpha value is -2.38. The van der Waals surface area contributed by atoms with Crippen molar-refractivity contribution in [1.29, 1.82) is 0 Å². The molecule has 7 heteroatoms. The van der Waals surface area contributed by atoms with Crippen LogP contribution in [0, 0.1) is 0 Å². The van der Waals surface area contributed by atoms with Crippen LogP contribution in [-0.2, 0) is 14.2 Å². The number of aromatic nitrogens is 2. The molecule has 0 spiro atoms. The Labute approximate surface area is 221 Å². The molecule has 3 aliphatic rings. The Morgan fingerprint density at radius 2 is 1.92 bits per heavy atom. The normalized spacial score (nSPS) is 22.7. The van der Waals surface area contributed by atoms with E-state index in [4.69, 9.17) is 19.2 Å². The maximum atomic E-state index is 12.7. The number of carbonyl (C=O) groups is 1. The van der Waals surface area contributed by atoms with Crippen molar-refractivity contribution in [2.24, 2.45) is 0 Å². The molecule has 7 nitrogen and oxygen atoms in total. The molecule has 2 fully saturated rings. The highest BCUT2D eigenvalue weighted by molar-refractivity contribution is 5.68. The molecule has 5 rings (SSSR count). The maximum absolute atomic E-state index is 12.7. The average molecular weight is 510 g/mol.